The molecule has 0 aromatic carbocycles. The van der Waals surface area contributed by atoms with Gasteiger partial charge in [0, 0.05) is 6.54 Å². The van der Waals surface area contributed by atoms with E-state index in [-0.39, 0.29) is 0 Å². The molecule has 10 heavy (non-hydrogen) atoms. The first-order valence-electron chi connectivity index (χ1n) is 3.12. The lowest BCUT2D eigenvalue weighted by atomic mass is 10.2. The minimum absolute atomic E-state index is 0.436. The fourth-order valence-electron chi connectivity index (χ4n) is 0.860. The lowest BCUT2D eigenvalue weighted by Gasteiger charge is -2.17. The van der Waals surface area contributed by atoms with Gasteiger partial charge >= 0.3 is 6.18 Å². The number of allylic oxidation sites excluding steroid dienone is 2. The first-order chi connectivity index (χ1) is 4.61. The lowest BCUT2D eigenvalue weighted by Crippen LogP contribution is -2.29. The van der Waals surface area contributed by atoms with Crippen LogP contribution in [0.25, 0.3) is 0 Å². The third-order valence-electron chi connectivity index (χ3n) is 1.35. The summed E-state index contributed by atoms with van der Waals surface area (Å²) in [5.41, 5.74) is -0.584. The van der Waals surface area contributed by atoms with Crippen LogP contribution in [0.3, 0.4) is 0 Å². The zero-order valence-corrected chi connectivity index (χ0v) is 5.33. The third-order valence-corrected chi connectivity index (χ3v) is 1.35. The largest absolute Gasteiger partial charge is 0.430 e. The molecule has 0 saturated carbocycles. The Bertz CT molecular complexity index is 148. The minimum atomic E-state index is -4.18. The van der Waals surface area contributed by atoms with E-state index in [4.69, 9.17) is 0 Å². The standard InChI is InChI=1S/C6H8F3N/c7-6(8,9)5-3-1-2-4-10-5/h3,10H,1-2,4H2. The fourth-order valence-corrected chi connectivity index (χ4v) is 0.860. The SMILES string of the molecule is FC(F)(F)C1=CCCCN1. The molecule has 0 bridgehead atoms. The second-order valence-electron chi connectivity index (χ2n) is 2.18. The highest BCUT2D eigenvalue weighted by molar-refractivity contribution is 5.08. The van der Waals surface area contributed by atoms with E-state index < -0.39 is 11.9 Å². The van der Waals surface area contributed by atoms with Gasteiger partial charge < -0.3 is 5.32 Å². The first kappa shape index (κ1) is 7.44. The van der Waals surface area contributed by atoms with Gasteiger partial charge in [-0.15, -0.1) is 0 Å². The van der Waals surface area contributed by atoms with Crippen molar-refractivity contribution >= 4 is 0 Å². The molecular formula is C6H8F3N. The fraction of sp³-hybridized carbons (Fsp3) is 0.667. The molecular weight excluding hydrogens is 143 g/mol. The summed E-state index contributed by atoms with van der Waals surface area (Å²) in [6, 6.07) is 0. The Morgan fingerprint density at radius 2 is 2.10 bits per heavy atom. The van der Waals surface area contributed by atoms with E-state index in [9.17, 15) is 13.2 Å². The number of nitrogens with one attached hydrogen (secondary N) is 1. The van der Waals surface area contributed by atoms with Crippen LogP contribution in [-0.4, -0.2) is 12.7 Å². The van der Waals surface area contributed by atoms with Crippen molar-refractivity contribution in [1.29, 1.82) is 0 Å². The molecule has 0 atom stereocenters. The highest BCUT2D eigenvalue weighted by Crippen LogP contribution is 2.25. The Balaban J connectivity index is 2.62. The summed E-state index contributed by atoms with van der Waals surface area (Å²) in [5.74, 6) is 0. The predicted octanol–water partition coefficient (Wildman–Crippen LogP) is 1.82. The van der Waals surface area contributed by atoms with Gasteiger partial charge in [0.25, 0.3) is 0 Å². The molecule has 1 nitrogen and oxygen atoms in total. The van der Waals surface area contributed by atoms with Crippen LogP contribution in [0.15, 0.2) is 11.8 Å². The van der Waals surface area contributed by atoms with Crippen molar-refractivity contribution in [3.63, 3.8) is 0 Å². The summed E-state index contributed by atoms with van der Waals surface area (Å²) in [4.78, 5) is 0. The van der Waals surface area contributed by atoms with Gasteiger partial charge in [-0.1, -0.05) is 6.08 Å². The summed E-state index contributed by atoms with van der Waals surface area (Å²) >= 11 is 0. The van der Waals surface area contributed by atoms with E-state index in [1.807, 2.05) is 0 Å². The van der Waals surface area contributed by atoms with E-state index in [2.05, 4.69) is 5.32 Å². The predicted molar refractivity (Wildman–Crippen MR) is 31.4 cm³/mol. The van der Waals surface area contributed by atoms with Crippen molar-refractivity contribution < 1.29 is 13.2 Å². The summed E-state index contributed by atoms with van der Waals surface area (Å²) in [5, 5.41) is 2.30. The summed E-state index contributed by atoms with van der Waals surface area (Å²) in [6.45, 7) is 0.436. The normalized spacial score (nSPS) is 19.7. The van der Waals surface area contributed by atoms with Crippen LogP contribution in [0, 0.1) is 0 Å². The maximum absolute atomic E-state index is 11.8. The maximum atomic E-state index is 11.8. The van der Waals surface area contributed by atoms with Crippen LogP contribution in [0.5, 0.6) is 0 Å². The highest BCUT2D eigenvalue weighted by atomic mass is 19.4. The van der Waals surface area contributed by atoms with E-state index in [0.29, 0.717) is 13.0 Å². The number of hydrogen-bond acceptors (Lipinski definition) is 1. The van der Waals surface area contributed by atoms with E-state index in [1.54, 1.807) is 0 Å². The maximum Gasteiger partial charge on any atom is 0.430 e. The number of halogens is 3. The van der Waals surface area contributed by atoms with Gasteiger partial charge in [0.1, 0.15) is 5.70 Å². The Kier molecular flexibility index (Phi) is 1.87. The monoisotopic (exact) mass is 151 g/mol. The molecule has 1 heterocycles. The van der Waals surface area contributed by atoms with Gasteiger partial charge in [0.2, 0.25) is 0 Å². The van der Waals surface area contributed by atoms with Gasteiger partial charge in [0.15, 0.2) is 0 Å². The molecule has 0 radical (unpaired) electrons. The van der Waals surface area contributed by atoms with Gasteiger partial charge in [-0.05, 0) is 12.8 Å². The first-order valence-corrected chi connectivity index (χ1v) is 3.12. The number of alkyl halides is 3. The average molecular weight is 151 g/mol. The quantitative estimate of drug-likeness (QED) is 0.556. The Labute approximate surface area is 56.9 Å². The summed E-state index contributed by atoms with van der Waals surface area (Å²) in [7, 11) is 0. The van der Waals surface area contributed by atoms with Crippen LogP contribution >= 0.6 is 0 Å². The van der Waals surface area contributed by atoms with Crippen LogP contribution in [-0.2, 0) is 0 Å². The zero-order valence-electron chi connectivity index (χ0n) is 5.33. The van der Waals surface area contributed by atoms with Crippen LogP contribution in [0.4, 0.5) is 13.2 Å². The molecule has 1 rings (SSSR count). The molecule has 0 aliphatic carbocycles. The Morgan fingerprint density at radius 1 is 1.40 bits per heavy atom. The minimum Gasteiger partial charge on any atom is -0.381 e. The van der Waals surface area contributed by atoms with Crippen LogP contribution in [0.1, 0.15) is 12.8 Å². The van der Waals surface area contributed by atoms with Gasteiger partial charge in [0.05, 0.1) is 0 Å². The van der Waals surface area contributed by atoms with Crippen LogP contribution in [0.2, 0.25) is 0 Å². The average Bonchev–Trinajstić information content (AvgIpc) is 1.88. The van der Waals surface area contributed by atoms with Crippen molar-refractivity contribution in [2.24, 2.45) is 0 Å². The molecule has 0 saturated heterocycles. The van der Waals surface area contributed by atoms with Crippen molar-refractivity contribution in [3.05, 3.63) is 11.8 Å². The number of rotatable bonds is 0. The molecule has 1 N–H and O–H groups in total. The molecule has 0 aromatic rings. The molecule has 0 spiro atoms. The molecule has 0 unspecified atom stereocenters. The topological polar surface area (TPSA) is 12.0 Å². The summed E-state index contributed by atoms with van der Waals surface area (Å²) < 4.78 is 35.4. The molecule has 0 aromatic heterocycles. The molecule has 1 aliphatic rings. The highest BCUT2D eigenvalue weighted by Gasteiger charge is 2.33. The van der Waals surface area contributed by atoms with Crippen molar-refractivity contribution in [1.82, 2.24) is 5.32 Å². The molecule has 4 heteroatoms. The van der Waals surface area contributed by atoms with E-state index in [0.717, 1.165) is 6.42 Å². The molecule has 58 valence electrons. The zero-order chi connectivity index (χ0) is 7.61. The van der Waals surface area contributed by atoms with Gasteiger partial charge in [-0.3, -0.25) is 0 Å². The van der Waals surface area contributed by atoms with E-state index >= 15 is 0 Å². The third kappa shape index (κ3) is 1.65. The van der Waals surface area contributed by atoms with E-state index in [1.165, 1.54) is 6.08 Å². The molecule has 0 amide bonds. The van der Waals surface area contributed by atoms with Crippen LogP contribution < -0.4 is 5.32 Å². The molecule has 1 aliphatic heterocycles. The van der Waals surface area contributed by atoms with Crippen molar-refractivity contribution in [2.45, 2.75) is 19.0 Å². The second-order valence-corrected chi connectivity index (χ2v) is 2.18. The number of hydrogen-bond donors (Lipinski definition) is 1. The Hall–Kier alpha value is -0.670. The lowest BCUT2D eigenvalue weighted by molar-refractivity contribution is -0.0976. The van der Waals surface area contributed by atoms with Crippen molar-refractivity contribution in [3.8, 4) is 0 Å². The Morgan fingerprint density at radius 3 is 2.40 bits per heavy atom. The summed E-state index contributed by atoms with van der Waals surface area (Å²) in [6.07, 6.45) is -1.66. The van der Waals surface area contributed by atoms with Gasteiger partial charge in [-0.25, -0.2) is 0 Å². The second kappa shape index (κ2) is 2.52. The smallest absolute Gasteiger partial charge is 0.381 e. The molecule has 0 fully saturated rings. The van der Waals surface area contributed by atoms with Crippen molar-refractivity contribution in [2.75, 3.05) is 6.54 Å². The van der Waals surface area contributed by atoms with Gasteiger partial charge in [-0.2, -0.15) is 13.2 Å².